The molecule has 0 N–H and O–H groups in total. The van der Waals surface area contributed by atoms with Gasteiger partial charge in [-0.3, -0.25) is 0 Å². The summed E-state index contributed by atoms with van der Waals surface area (Å²) in [7, 11) is 0. The normalized spacial score (nSPS) is 20.8. The van der Waals surface area contributed by atoms with E-state index < -0.39 is 0 Å². The van der Waals surface area contributed by atoms with Crippen molar-refractivity contribution in [2.45, 2.75) is 94.4 Å². The van der Waals surface area contributed by atoms with Crippen molar-refractivity contribution < 1.29 is 0 Å². The van der Waals surface area contributed by atoms with Crippen LogP contribution in [0.3, 0.4) is 0 Å². The average molecular weight is 395 g/mol. The molecular formula is C29H46. The molecule has 0 radical (unpaired) electrons. The number of hydrogen-bond acceptors (Lipinski definition) is 0. The molecule has 0 aliphatic heterocycles. The van der Waals surface area contributed by atoms with Gasteiger partial charge in [0.25, 0.3) is 0 Å². The van der Waals surface area contributed by atoms with Crippen molar-refractivity contribution in [3.8, 4) is 0 Å². The van der Waals surface area contributed by atoms with Crippen LogP contribution in [-0.4, -0.2) is 0 Å². The number of hydrogen-bond donors (Lipinski definition) is 0. The van der Waals surface area contributed by atoms with Crippen molar-refractivity contribution in [3.63, 3.8) is 0 Å². The summed E-state index contributed by atoms with van der Waals surface area (Å²) in [5, 5.41) is 0. The fourth-order valence-corrected chi connectivity index (χ4v) is 6.69. The molecule has 0 spiro atoms. The lowest BCUT2D eigenvalue weighted by Crippen LogP contribution is -2.41. The second-order valence-electron chi connectivity index (χ2n) is 10.2. The Kier molecular flexibility index (Phi) is 7.30. The van der Waals surface area contributed by atoms with Crippen molar-refractivity contribution in [1.82, 2.24) is 0 Å². The lowest BCUT2D eigenvalue weighted by molar-refractivity contribution is 0.0647. The molecule has 0 unspecified atom stereocenters. The van der Waals surface area contributed by atoms with Gasteiger partial charge in [-0.2, -0.15) is 0 Å². The molecule has 0 heterocycles. The fourth-order valence-electron chi connectivity index (χ4n) is 6.69. The van der Waals surface area contributed by atoms with E-state index in [1.165, 1.54) is 43.3 Å². The van der Waals surface area contributed by atoms with Crippen LogP contribution >= 0.6 is 0 Å². The topological polar surface area (TPSA) is 0 Å². The molecule has 0 fully saturated rings. The maximum atomic E-state index is 2.49. The van der Waals surface area contributed by atoms with Crippen LogP contribution in [-0.2, 0) is 0 Å². The highest BCUT2D eigenvalue weighted by Crippen LogP contribution is 2.54. The first-order valence-corrected chi connectivity index (χ1v) is 12.1. The van der Waals surface area contributed by atoms with Gasteiger partial charge in [-0.05, 0) is 60.0 Å². The zero-order valence-electron chi connectivity index (χ0n) is 20.7. The van der Waals surface area contributed by atoms with Crippen LogP contribution in [0.1, 0.15) is 94.4 Å². The fraction of sp³-hybridized carbons (Fsp3) is 0.655. The predicted molar refractivity (Wildman–Crippen MR) is 131 cm³/mol. The van der Waals surface area contributed by atoms with Gasteiger partial charge in [0.1, 0.15) is 0 Å². The Morgan fingerprint density at radius 3 is 1.24 bits per heavy atom. The van der Waals surface area contributed by atoms with E-state index in [0.717, 1.165) is 0 Å². The minimum absolute atomic E-state index is 0.0713. The summed E-state index contributed by atoms with van der Waals surface area (Å²) in [4.78, 5) is 0. The standard InChI is InChI=1S/C29H46/c1-10-28(11-2,12-3)26(8)19-15-24-17-21-27(9,22-18-25(24)16-20-26)29(13-4,14-5)23(6)7/h15-23H,10-14H2,1-9H3. The summed E-state index contributed by atoms with van der Waals surface area (Å²) in [6.07, 6.45) is 25.6. The van der Waals surface area contributed by atoms with Gasteiger partial charge < -0.3 is 0 Å². The van der Waals surface area contributed by atoms with Crippen LogP contribution < -0.4 is 0 Å². The summed E-state index contributed by atoms with van der Waals surface area (Å²) in [6.45, 7) is 21.5. The van der Waals surface area contributed by atoms with Crippen LogP contribution in [0.15, 0.2) is 59.8 Å². The minimum Gasteiger partial charge on any atom is -0.0736 e. The Morgan fingerprint density at radius 2 is 0.966 bits per heavy atom. The molecule has 0 bridgehead atoms. The molecule has 0 saturated carbocycles. The molecule has 162 valence electrons. The molecule has 29 heavy (non-hydrogen) atoms. The maximum Gasteiger partial charge on any atom is 0.00978 e. The first kappa shape index (κ1) is 24.0. The second kappa shape index (κ2) is 8.83. The van der Waals surface area contributed by atoms with E-state index in [4.69, 9.17) is 0 Å². The van der Waals surface area contributed by atoms with Gasteiger partial charge in [-0.25, -0.2) is 0 Å². The van der Waals surface area contributed by atoms with E-state index in [9.17, 15) is 0 Å². The van der Waals surface area contributed by atoms with Gasteiger partial charge in [0.05, 0.1) is 0 Å². The zero-order chi connectivity index (χ0) is 21.9. The molecule has 0 aromatic heterocycles. The molecule has 0 aromatic carbocycles. The highest BCUT2D eigenvalue weighted by Gasteiger charge is 2.45. The Balaban J connectivity index is 2.48. The summed E-state index contributed by atoms with van der Waals surface area (Å²) in [5.74, 6) is 0.642. The lowest BCUT2D eigenvalue weighted by Gasteiger charge is -2.48. The summed E-state index contributed by atoms with van der Waals surface area (Å²) < 4.78 is 0. The van der Waals surface area contributed by atoms with E-state index in [-0.39, 0.29) is 16.2 Å². The average Bonchev–Trinajstić information content (AvgIpc) is 2.97. The van der Waals surface area contributed by atoms with Crippen LogP contribution in [0.4, 0.5) is 0 Å². The van der Waals surface area contributed by atoms with E-state index in [0.29, 0.717) is 11.3 Å². The molecular weight excluding hydrogens is 348 g/mol. The molecule has 0 atom stereocenters. The smallest absolute Gasteiger partial charge is 0.00978 e. The van der Waals surface area contributed by atoms with E-state index in [1.807, 2.05) is 0 Å². The highest BCUT2D eigenvalue weighted by molar-refractivity contribution is 5.52. The SMILES string of the molecule is CCC(CC)(CC)C1(C)C=CC2=C(C=C1)C=CC(C)(C(CC)(CC)C(C)C)C=C2. The second-order valence-corrected chi connectivity index (χ2v) is 10.2. The van der Waals surface area contributed by atoms with E-state index >= 15 is 0 Å². The molecule has 0 heteroatoms. The summed E-state index contributed by atoms with van der Waals surface area (Å²) >= 11 is 0. The van der Waals surface area contributed by atoms with Gasteiger partial charge >= 0.3 is 0 Å². The Morgan fingerprint density at radius 1 is 0.621 bits per heavy atom. The van der Waals surface area contributed by atoms with Gasteiger partial charge in [0, 0.05) is 10.8 Å². The van der Waals surface area contributed by atoms with Gasteiger partial charge in [-0.1, -0.05) is 111 Å². The first-order valence-electron chi connectivity index (χ1n) is 12.1. The first-order chi connectivity index (χ1) is 13.6. The summed E-state index contributed by atoms with van der Waals surface area (Å²) in [6, 6.07) is 0. The van der Waals surface area contributed by atoms with Crippen molar-refractivity contribution in [2.75, 3.05) is 0 Å². The Bertz CT molecular complexity index is 669. The molecule has 0 saturated heterocycles. The van der Waals surface area contributed by atoms with Crippen LogP contribution in [0.25, 0.3) is 0 Å². The highest BCUT2D eigenvalue weighted by atomic mass is 14.5. The maximum absolute atomic E-state index is 2.49. The monoisotopic (exact) mass is 394 g/mol. The zero-order valence-corrected chi connectivity index (χ0v) is 20.7. The third-order valence-electron chi connectivity index (χ3n) is 9.38. The minimum atomic E-state index is 0.0713. The van der Waals surface area contributed by atoms with E-state index in [2.05, 4.69) is 111 Å². The third-order valence-corrected chi connectivity index (χ3v) is 9.38. The van der Waals surface area contributed by atoms with Crippen LogP contribution in [0.2, 0.25) is 0 Å². The predicted octanol–water partition coefficient (Wildman–Crippen LogP) is 9.23. The van der Waals surface area contributed by atoms with Crippen molar-refractivity contribution in [1.29, 1.82) is 0 Å². The number of allylic oxidation sites excluding steroid dienone is 10. The number of rotatable bonds is 8. The quantitative estimate of drug-likeness (QED) is 0.385. The van der Waals surface area contributed by atoms with Crippen molar-refractivity contribution in [2.24, 2.45) is 27.6 Å². The van der Waals surface area contributed by atoms with Crippen LogP contribution in [0, 0.1) is 27.6 Å². The van der Waals surface area contributed by atoms with Crippen molar-refractivity contribution >= 4 is 0 Å². The Hall–Kier alpha value is -1.30. The Labute approximate surface area is 181 Å². The van der Waals surface area contributed by atoms with Gasteiger partial charge in [-0.15, -0.1) is 0 Å². The molecule has 2 aliphatic rings. The molecule has 0 nitrogen and oxygen atoms in total. The molecule has 2 aliphatic carbocycles. The van der Waals surface area contributed by atoms with Crippen molar-refractivity contribution in [3.05, 3.63) is 59.8 Å². The van der Waals surface area contributed by atoms with Gasteiger partial charge in [0.2, 0.25) is 0 Å². The lowest BCUT2D eigenvalue weighted by atomic mass is 9.56. The van der Waals surface area contributed by atoms with Crippen LogP contribution in [0.5, 0.6) is 0 Å². The summed E-state index contributed by atoms with van der Waals surface area (Å²) in [5.41, 5.74) is 3.48. The molecule has 2 rings (SSSR count). The van der Waals surface area contributed by atoms with E-state index in [1.54, 1.807) is 0 Å². The van der Waals surface area contributed by atoms with Gasteiger partial charge in [0.15, 0.2) is 0 Å². The molecule has 0 amide bonds. The molecule has 0 aromatic rings. The third kappa shape index (κ3) is 3.77. The largest absolute Gasteiger partial charge is 0.0736 e.